The summed E-state index contributed by atoms with van der Waals surface area (Å²) in [5.41, 5.74) is 1.45. The van der Waals surface area contributed by atoms with Gasteiger partial charge in [-0.15, -0.1) is 0 Å². The molecule has 0 aliphatic carbocycles. The standard InChI is InChI=1S/C20H25NO4Si/c1-24-26(3,25-2)15-9-14-21-18-13-8-7-12-17(18)20(23)19(22)16-10-5-4-6-11-16/h4-8,10-13,21H,9,14-15H2,1-3H3. The predicted octanol–water partition coefficient (Wildman–Crippen LogP) is 3.92. The number of ketones is 2. The zero-order valence-corrected chi connectivity index (χ0v) is 16.5. The van der Waals surface area contributed by atoms with Crippen LogP contribution in [-0.4, -0.2) is 40.9 Å². The van der Waals surface area contributed by atoms with Crippen LogP contribution in [0.25, 0.3) is 0 Å². The molecule has 0 saturated heterocycles. The highest BCUT2D eigenvalue weighted by atomic mass is 28.4. The lowest BCUT2D eigenvalue weighted by Crippen LogP contribution is -2.36. The summed E-state index contributed by atoms with van der Waals surface area (Å²) in [6.45, 7) is 2.68. The van der Waals surface area contributed by atoms with Gasteiger partial charge in [0.1, 0.15) is 0 Å². The van der Waals surface area contributed by atoms with E-state index in [-0.39, 0.29) is 0 Å². The Hall–Kier alpha value is -2.28. The van der Waals surface area contributed by atoms with Crippen LogP contribution in [-0.2, 0) is 8.85 Å². The Kier molecular flexibility index (Phi) is 7.26. The van der Waals surface area contributed by atoms with Gasteiger partial charge in [0.2, 0.25) is 11.6 Å². The Morgan fingerprint density at radius 1 is 0.923 bits per heavy atom. The second kappa shape index (κ2) is 9.42. The molecule has 2 aromatic rings. The first kappa shape index (κ1) is 20.0. The Bertz CT molecular complexity index is 744. The lowest BCUT2D eigenvalue weighted by molar-refractivity contribution is 0.0817. The van der Waals surface area contributed by atoms with Gasteiger partial charge in [-0.05, 0) is 31.1 Å². The molecule has 138 valence electrons. The van der Waals surface area contributed by atoms with Crippen molar-refractivity contribution in [3.63, 3.8) is 0 Å². The Morgan fingerprint density at radius 2 is 1.54 bits per heavy atom. The third-order valence-corrected chi connectivity index (χ3v) is 7.39. The third kappa shape index (κ3) is 5.11. The first-order valence-electron chi connectivity index (χ1n) is 8.58. The van der Waals surface area contributed by atoms with Gasteiger partial charge >= 0.3 is 8.56 Å². The number of Topliss-reactive ketones (excluding diaryl/α,β-unsaturated/α-hetero) is 2. The van der Waals surface area contributed by atoms with Crippen molar-refractivity contribution in [2.75, 3.05) is 26.1 Å². The average molecular weight is 372 g/mol. The van der Waals surface area contributed by atoms with Crippen LogP contribution in [0.5, 0.6) is 0 Å². The van der Waals surface area contributed by atoms with E-state index in [4.69, 9.17) is 8.85 Å². The molecule has 0 spiro atoms. The van der Waals surface area contributed by atoms with Crippen LogP contribution in [0.1, 0.15) is 27.1 Å². The van der Waals surface area contributed by atoms with Gasteiger partial charge in [-0.25, -0.2) is 0 Å². The highest BCUT2D eigenvalue weighted by Gasteiger charge is 2.27. The highest BCUT2D eigenvalue weighted by molar-refractivity contribution is 6.65. The van der Waals surface area contributed by atoms with Crippen LogP contribution in [0.15, 0.2) is 54.6 Å². The molecule has 1 N–H and O–H groups in total. The van der Waals surface area contributed by atoms with Crippen molar-refractivity contribution < 1.29 is 18.4 Å². The third-order valence-electron chi connectivity index (χ3n) is 4.40. The molecule has 5 nitrogen and oxygen atoms in total. The van der Waals surface area contributed by atoms with E-state index in [0.29, 0.717) is 23.4 Å². The van der Waals surface area contributed by atoms with Crippen LogP contribution in [0.2, 0.25) is 12.6 Å². The Labute approximate surface area is 155 Å². The molecule has 2 rings (SSSR count). The van der Waals surface area contributed by atoms with Crippen LogP contribution in [0, 0.1) is 0 Å². The fourth-order valence-electron chi connectivity index (χ4n) is 2.60. The van der Waals surface area contributed by atoms with Gasteiger partial charge in [-0.3, -0.25) is 9.59 Å². The molecule has 0 amide bonds. The molecule has 26 heavy (non-hydrogen) atoms. The quantitative estimate of drug-likeness (QED) is 0.297. The maximum Gasteiger partial charge on any atom is 0.334 e. The Balaban J connectivity index is 2.03. The van der Waals surface area contributed by atoms with E-state index < -0.39 is 20.1 Å². The SMILES string of the molecule is CO[Si](C)(CCCNc1ccccc1C(=O)C(=O)c1ccccc1)OC. The van der Waals surface area contributed by atoms with Crippen molar-refractivity contribution in [2.45, 2.75) is 19.0 Å². The van der Waals surface area contributed by atoms with Gasteiger partial charge in [0.15, 0.2) is 0 Å². The van der Waals surface area contributed by atoms with E-state index in [1.165, 1.54) is 0 Å². The number of carbonyl (C=O) groups is 2. The number of nitrogens with one attached hydrogen (secondary N) is 1. The number of carbonyl (C=O) groups excluding carboxylic acids is 2. The van der Waals surface area contributed by atoms with Crippen molar-refractivity contribution in [1.82, 2.24) is 0 Å². The fraction of sp³-hybridized carbons (Fsp3) is 0.300. The van der Waals surface area contributed by atoms with Crippen molar-refractivity contribution in [1.29, 1.82) is 0 Å². The second-order valence-electron chi connectivity index (χ2n) is 6.14. The summed E-state index contributed by atoms with van der Waals surface area (Å²) < 4.78 is 10.9. The van der Waals surface area contributed by atoms with Crippen molar-refractivity contribution >= 4 is 25.8 Å². The number of hydrogen-bond acceptors (Lipinski definition) is 5. The molecule has 0 atom stereocenters. The molecule has 2 aromatic carbocycles. The number of para-hydroxylation sites is 1. The van der Waals surface area contributed by atoms with Crippen LogP contribution in [0.4, 0.5) is 5.69 Å². The maximum atomic E-state index is 12.6. The first-order valence-corrected chi connectivity index (χ1v) is 11.1. The van der Waals surface area contributed by atoms with E-state index in [2.05, 4.69) is 5.32 Å². The normalized spacial score (nSPS) is 11.2. The highest BCUT2D eigenvalue weighted by Crippen LogP contribution is 2.19. The molecule has 0 heterocycles. The molecule has 0 fully saturated rings. The first-order chi connectivity index (χ1) is 12.5. The lowest BCUT2D eigenvalue weighted by atomic mass is 10.00. The molecular weight excluding hydrogens is 346 g/mol. The van der Waals surface area contributed by atoms with Crippen LogP contribution >= 0.6 is 0 Å². The monoisotopic (exact) mass is 371 g/mol. The minimum absolute atomic E-state index is 0.389. The number of hydrogen-bond donors (Lipinski definition) is 1. The molecular formula is C20H25NO4Si. The molecule has 6 heteroatoms. The van der Waals surface area contributed by atoms with E-state index in [1.54, 1.807) is 50.6 Å². The summed E-state index contributed by atoms with van der Waals surface area (Å²) in [7, 11) is 1.25. The molecule has 0 bridgehead atoms. The van der Waals surface area contributed by atoms with Gasteiger partial charge in [0.05, 0.1) is 0 Å². The van der Waals surface area contributed by atoms with Crippen molar-refractivity contribution in [3.8, 4) is 0 Å². The molecule has 0 saturated carbocycles. The number of anilines is 1. The largest absolute Gasteiger partial charge is 0.398 e. The summed E-state index contributed by atoms with van der Waals surface area (Å²) in [6.07, 6.45) is 0.847. The van der Waals surface area contributed by atoms with E-state index in [0.717, 1.165) is 12.5 Å². The fourth-order valence-corrected chi connectivity index (χ4v) is 3.99. The molecule has 0 aliphatic rings. The van der Waals surface area contributed by atoms with Gasteiger partial charge in [-0.1, -0.05) is 42.5 Å². The lowest BCUT2D eigenvalue weighted by Gasteiger charge is -2.22. The minimum atomic E-state index is -2.09. The Morgan fingerprint density at radius 3 is 2.19 bits per heavy atom. The number of rotatable bonds is 10. The summed E-state index contributed by atoms with van der Waals surface area (Å²) in [6, 6.07) is 16.5. The van der Waals surface area contributed by atoms with Crippen LogP contribution in [0.3, 0.4) is 0 Å². The molecule has 0 aromatic heterocycles. The molecule has 0 unspecified atom stereocenters. The summed E-state index contributed by atoms with van der Waals surface area (Å²) in [4.78, 5) is 25.1. The van der Waals surface area contributed by atoms with Crippen LogP contribution < -0.4 is 5.32 Å². The average Bonchev–Trinajstić information content (AvgIpc) is 2.71. The maximum absolute atomic E-state index is 12.6. The van der Waals surface area contributed by atoms with Crippen molar-refractivity contribution in [2.24, 2.45) is 0 Å². The zero-order valence-electron chi connectivity index (χ0n) is 15.5. The van der Waals surface area contributed by atoms with Gasteiger partial charge in [0.25, 0.3) is 0 Å². The van der Waals surface area contributed by atoms with Gasteiger partial charge in [-0.2, -0.15) is 0 Å². The molecule has 0 radical (unpaired) electrons. The van der Waals surface area contributed by atoms with E-state index in [1.807, 2.05) is 24.7 Å². The smallest absolute Gasteiger partial charge is 0.334 e. The summed E-state index contributed by atoms with van der Waals surface area (Å²) in [5.74, 6) is -1.01. The van der Waals surface area contributed by atoms with Gasteiger partial charge < -0.3 is 14.2 Å². The van der Waals surface area contributed by atoms with E-state index >= 15 is 0 Å². The topological polar surface area (TPSA) is 64.6 Å². The van der Waals surface area contributed by atoms with E-state index in [9.17, 15) is 9.59 Å². The van der Waals surface area contributed by atoms with Crippen molar-refractivity contribution in [3.05, 3.63) is 65.7 Å². The zero-order chi connectivity index (χ0) is 19.0. The molecule has 0 aliphatic heterocycles. The number of benzene rings is 2. The second-order valence-corrected chi connectivity index (χ2v) is 9.73. The summed E-state index contributed by atoms with van der Waals surface area (Å²) >= 11 is 0. The van der Waals surface area contributed by atoms with Gasteiger partial charge in [0, 0.05) is 37.6 Å². The summed E-state index contributed by atoms with van der Waals surface area (Å²) in [5, 5.41) is 3.26. The minimum Gasteiger partial charge on any atom is -0.398 e. The predicted molar refractivity (Wildman–Crippen MR) is 105 cm³/mol.